The summed E-state index contributed by atoms with van der Waals surface area (Å²) in [5.41, 5.74) is 2.61. The van der Waals surface area contributed by atoms with Crippen molar-refractivity contribution in [3.05, 3.63) is 35.4 Å². The number of guanidine groups is 1. The van der Waals surface area contributed by atoms with Gasteiger partial charge in [0.25, 0.3) is 0 Å². The van der Waals surface area contributed by atoms with E-state index in [0.717, 1.165) is 31.8 Å². The van der Waals surface area contributed by atoms with E-state index < -0.39 is 0 Å². The SMILES string of the molecule is CCOC(=O)NC(CNC(=NC)NCc1ccccc1CC)C1CC1. The molecule has 1 saturated carbocycles. The van der Waals surface area contributed by atoms with Crippen molar-refractivity contribution < 1.29 is 9.53 Å². The van der Waals surface area contributed by atoms with Crippen LogP contribution in [0.4, 0.5) is 4.79 Å². The second-order valence-corrected chi connectivity index (χ2v) is 6.24. The van der Waals surface area contributed by atoms with Crippen LogP contribution >= 0.6 is 0 Å². The van der Waals surface area contributed by atoms with Gasteiger partial charge in [-0.05, 0) is 43.2 Å². The zero-order valence-corrected chi connectivity index (χ0v) is 15.5. The molecule has 0 aliphatic heterocycles. The van der Waals surface area contributed by atoms with Crippen LogP contribution in [0, 0.1) is 5.92 Å². The lowest BCUT2D eigenvalue weighted by atomic mass is 10.1. The second-order valence-electron chi connectivity index (χ2n) is 6.24. The van der Waals surface area contributed by atoms with Gasteiger partial charge in [-0.25, -0.2) is 4.79 Å². The molecule has 1 fully saturated rings. The largest absolute Gasteiger partial charge is 0.450 e. The normalized spacial score (nSPS) is 15.4. The van der Waals surface area contributed by atoms with Gasteiger partial charge in [0.05, 0.1) is 12.6 Å². The third kappa shape index (κ3) is 6.29. The first-order valence-electron chi connectivity index (χ1n) is 9.12. The summed E-state index contributed by atoms with van der Waals surface area (Å²) in [4.78, 5) is 16.0. The van der Waals surface area contributed by atoms with Crippen molar-refractivity contribution in [2.75, 3.05) is 20.2 Å². The molecule has 138 valence electrons. The number of amides is 1. The second kappa shape index (κ2) is 9.91. The molecule has 2 rings (SSSR count). The predicted molar refractivity (Wildman–Crippen MR) is 101 cm³/mol. The molecular weight excluding hydrogens is 316 g/mol. The molecule has 0 radical (unpaired) electrons. The third-order valence-corrected chi connectivity index (χ3v) is 4.43. The van der Waals surface area contributed by atoms with E-state index in [1.807, 2.05) is 6.92 Å². The maximum atomic E-state index is 11.7. The highest BCUT2D eigenvalue weighted by Gasteiger charge is 2.32. The van der Waals surface area contributed by atoms with Crippen molar-refractivity contribution >= 4 is 12.1 Å². The maximum absolute atomic E-state index is 11.7. The molecule has 0 heterocycles. The molecule has 1 unspecified atom stereocenters. The molecule has 6 nitrogen and oxygen atoms in total. The number of alkyl carbamates (subject to hydrolysis) is 1. The summed E-state index contributed by atoms with van der Waals surface area (Å²) in [6, 6.07) is 8.48. The van der Waals surface area contributed by atoms with Gasteiger partial charge in [0.15, 0.2) is 5.96 Å². The zero-order valence-electron chi connectivity index (χ0n) is 15.5. The van der Waals surface area contributed by atoms with Crippen LogP contribution in [0.15, 0.2) is 29.3 Å². The minimum absolute atomic E-state index is 0.0699. The van der Waals surface area contributed by atoms with E-state index in [-0.39, 0.29) is 12.1 Å². The van der Waals surface area contributed by atoms with Crippen LogP contribution < -0.4 is 16.0 Å². The van der Waals surface area contributed by atoms with Crippen LogP contribution in [0.5, 0.6) is 0 Å². The van der Waals surface area contributed by atoms with Crippen LogP contribution in [-0.4, -0.2) is 38.3 Å². The van der Waals surface area contributed by atoms with E-state index >= 15 is 0 Å². The fraction of sp³-hybridized carbons (Fsp3) is 0.579. The Morgan fingerprint density at radius 1 is 1.24 bits per heavy atom. The number of benzene rings is 1. The van der Waals surface area contributed by atoms with E-state index in [4.69, 9.17) is 4.74 Å². The van der Waals surface area contributed by atoms with Crippen molar-refractivity contribution in [1.29, 1.82) is 0 Å². The summed E-state index contributed by atoms with van der Waals surface area (Å²) in [5, 5.41) is 9.61. The smallest absolute Gasteiger partial charge is 0.407 e. The summed E-state index contributed by atoms with van der Waals surface area (Å²) in [5.74, 6) is 1.26. The summed E-state index contributed by atoms with van der Waals surface area (Å²) in [6.07, 6.45) is 2.96. The van der Waals surface area contributed by atoms with E-state index in [1.54, 1.807) is 7.05 Å². The Bertz CT molecular complexity index is 585. The Labute approximate surface area is 150 Å². The molecule has 0 aromatic heterocycles. The van der Waals surface area contributed by atoms with Crippen molar-refractivity contribution in [3.8, 4) is 0 Å². The van der Waals surface area contributed by atoms with Gasteiger partial charge in [-0.15, -0.1) is 0 Å². The number of hydrogen-bond donors (Lipinski definition) is 3. The standard InChI is InChI=1S/C19H30N4O2/c1-4-14-8-6-7-9-16(14)12-21-18(20-3)22-13-17(15-10-11-15)23-19(24)25-5-2/h6-9,15,17H,4-5,10-13H2,1-3H3,(H,23,24)(H2,20,21,22). The van der Waals surface area contributed by atoms with Gasteiger partial charge in [-0.3, -0.25) is 4.99 Å². The van der Waals surface area contributed by atoms with Crippen LogP contribution in [0.3, 0.4) is 0 Å². The van der Waals surface area contributed by atoms with E-state index in [0.29, 0.717) is 19.1 Å². The average molecular weight is 346 g/mol. The van der Waals surface area contributed by atoms with Gasteiger partial charge in [-0.2, -0.15) is 0 Å². The Morgan fingerprint density at radius 2 is 1.96 bits per heavy atom. The number of hydrogen-bond acceptors (Lipinski definition) is 3. The van der Waals surface area contributed by atoms with E-state index in [2.05, 4.69) is 52.1 Å². The van der Waals surface area contributed by atoms with Crippen LogP contribution in [0.2, 0.25) is 0 Å². The first-order valence-corrected chi connectivity index (χ1v) is 9.12. The highest BCUT2D eigenvalue weighted by Crippen LogP contribution is 2.32. The molecule has 1 aromatic rings. The van der Waals surface area contributed by atoms with Gasteiger partial charge in [-0.1, -0.05) is 31.2 Å². The monoisotopic (exact) mass is 346 g/mol. The number of ether oxygens (including phenoxy) is 1. The molecule has 1 aliphatic rings. The van der Waals surface area contributed by atoms with Crippen LogP contribution in [-0.2, 0) is 17.7 Å². The number of aliphatic imine (C=N–C) groups is 1. The molecular formula is C19H30N4O2. The zero-order chi connectivity index (χ0) is 18.1. The van der Waals surface area contributed by atoms with Gasteiger partial charge < -0.3 is 20.7 Å². The van der Waals surface area contributed by atoms with Crippen molar-refractivity contribution in [2.45, 2.75) is 45.7 Å². The lowest BCUT2D eigenvalue weighted by molar-refractivity contribution is 0.146. The molecule has 1 aliphatic carbocycles. The Balaban J connectivity index is 1.83. The summed E-state index contributed by atoms with van der Waals surface area (Å²) < 4.78 is 4.99. The van der Waals surface area contributed by atoms with Gasteiger partial charge in [0.1, 0.15) is 0 Å². The number of nitrogens with zero attached hydrogens (tertiary/aromatic N) is 1. The van der Waals surface area contributed by atoms with Gasteiger partial charge in [0.2, 0.25) is 0 Å². The van der Waals surface area contributed by atoms with Crippen molar-refractivity contribution in [1.82, 2.24) is 16.0 Å². The summed E-state index contributed by atoms with van der Waals surface area (Å²) >= 11 is 0. The fourth-order valence-corrected chi connectivity index (χ4v) is 2.84. The molecule has 1 atom stereocenters. The van der Waals surface area contributed by atoms with Crippen molar-refractivity contribution in [2.24, 2.45) is 10.9 Å². The predicted octanol–water partition coefficient (Wildman–Crippen LogP) is 2.44. The molecule has 25 heavy (non-hydrogen) atoms. The molecule has 3 N–H and O–H groups in total. The van der Waals surface area contributed by atoms with Crippen LogP contribution in [0.25, 0.3) is 0 Å². The summed E-state index contributed by atoms with van der Waals surface area (Å²) in [6.45, 7) is 5.72. The quantitative estimate of drug-likeness (QED) is 0.499. The number of carbonyl (C=O) groups excluding carboxylic acids is 1. The molecule has 0 bridgehead atoms. The Hall–Kier alpha value is -2.24. The number of nitrogens with one attached hydrogen (secondary N) is 3. The molecule has 0 saturated heterocycles. The summed E-state index contributed by atoms with van der Waals surface area (Å²) in [7, 11) is 1.76. The molecule has 6 heteroatoms. The molecule has 1 amide bonds. The van der Waals surface area contributed by atoms with E-state index in [1.165, 1.54) is 11.1 Å². The first-order chi connectivity index (χ1) is 12.2. The highest BCUT2D eigenvalue weighted by molar-refractivity contribution is 5.79. The first kappa shape index (κ1) is 19.1. The van der Waals surface area contributed by atoms with Crippen molar-refractivity contribution in [3.63, 3.8) is 0 Å². The molecule has 1 aromatic carbocycles. The minimum Gasteiger partial charge on any atom is -0.450 e. The van der Waals surface area contributed by atoms with Gasteiger partial charge in [0, 0.05) is 20.1 Å². The highest BCUT2D eigenvalue weighted by atomic mass is 16.5. The minimum atomic E-state index is -0.346. The lowest BCUT2D eigenvalue weighted by Crippen LogP contribution is -2.48. The average Bonchev–Trinajstić information content (AvgIpc) is 3.46. The number of carbonyl (C=O) groups is 1. The topological polar surface area (TPSA) is 74.8 Å². The number of rotatable bonds is 8. The van der Waals surface area contributed by atoms with E-state index in [9.17, 15) is 4.79 Å². The van der Waals surface area contributed by atoms with Gasteiger partial charge >= 0.3 is 6.09 Å². The Kier molecular flexibility index (Phi) is 7.57. The Morgan fingerprint density at radius 3 is 2.56 bits per heavy atom. The maximum Gasteiger partial charge on any atom is 0.407 e. The lowest BCUT2D eigenvalue weighted by Gasteiger charge is -2.20. The fourth-order valence-electron chi connectivity index (χ4n) is 2.84. The number of aryl methyl sites for hydroxylation is 1. The molecule has 0 spiro atoms. The third-order valence-electron chi connectivity index (χ3n) is 4.43. The van der Waals surface area contributed by atoms with Crippen LogP contribution in [0.1, 0.15) is 37.8 Å².